The molecule has 1 aliphatic rings. The Labute approximate surface area is 185 Å². The van der Waals surface area contributed by atoms with Gasteiger partial charge in [-0.1, -0.05) is 54.1 Å². The summed E-state index contributed by atoms with van der Waals surface area (Å²) in [5.74, 6) is -0.499. The lowest BCUT2D eigenvalue weighted by atomic mass is 9.95. The Kier molecular flexibility index (Phi) is 7.64. The van der Waals surface area contributed by atoms with Crippen molar-refractivity contribution in [2.24, 2.45) is 0 Å². The van der Waals surface area contributed by atoms with Gasteiger partial charge in [0.25, 0.3) is 5.91 Å². The quantitative estimate of drug-likeness (QED) is 0.519. The maximum Gasteiger partial charge on any atom is 0.253 e. The standard InChI is InChI=1S/C21H22Cl3N3O2/c22-13-6-9-19(18(24)10-13)25-12-20(28)26-15-7-8-17(23)16(11-15)21(29)27-14-4-2-1-3-5-14/h6-11,14,25H,1-5,12H2,(H,26,28)(H,27,29). The third kappa shape index (κ3) is 6.26. The summed E-state index contributed by atoms with van der Waals surface area (Å²) in [5.41, 5.74) is 1.45. The highest BCUT2D eigenvalue weighted by atomic mass is 35.5. The topological polar surface area (TPSA) is 70.2 Å². The Morgan fingerprint density at radius 3 is 2.41 bits per heavy atom. The van der Waals surface area contributed by atoms with E-state index in [1.54, 1.807) is 36.4 Å². The molecule has 0 atom stereocenters. The van der Waals surface area contributed by atoms with Crippen LogP contribution >= 0.6 is 34.8 Å². The molecule has 2 amide bonds. The molecule has 0 radical (unpaired) electrons. The van der Waals surface area contributed by atoms with E-state index >= 15 is 0 Å². The molecule has 0 aromatic heterocycles. The van der Waals surface area contributed by atoms with Gasteiger partial charge in [0.2, 0.25) is 5.91 Å². The number of hydrogen-bond donors (Lipinski definition) is 3. The Morgan fingerprint density at radius 2 is 1.69 bits per heavy atom. The van der Waals surface area contributed by atoms with Crippen molar-refractivity contribution in [2.75, 3.05) is 17.2 Å². The lowest BCUT2D eigenvalue weighted by Gasteiger charge is -2.23. The molecule has 0 heterocycles. The highest BCUT2D eigenvalue weighted by Crippen LogP contribution is 2.25. The van der Waals surface area contributed by atoms with Crippen molar-refractivity contribution in [3.8, 4) is 0 Å². The number of rotatable bonds is 6. The smallest absolute Gasteiger partial charge is 0.253 e. The minimum absolute atomic E-state index is 0.00752. The van der Waals surface area contributed by atoms with Crippen molar-refractivity contribution in [3.63, 3.8) is 0 Å². The molecule has 5 nitrogen and oxygen atoms in total. The summed E-state index contributed by atoms with van der Waals surface area (Å²) >= 11 is 18.2. The van der Waals surface area contributed by atoms with Crippen molar-refractivity contribution in [3.05, 3.63) is 57.0 Å². The van der Waals surface area contributed by atoms with Crippen molar-refractivity contribution in [1.29, 1.82) is 0 Å². The van der Waals surface area contributed by atoms with Crippen molar-refractivity contribution in [1.82, 2.24) is 5.32 Å². The molecule has 0 spiro atoms. The summed E-state index contributed by atoms with van der Waals surface area (Å²) < 4.78 is 0. The van der Waals surface area contributed by atoms with E-state index in [0.717, 1.165) is 25.7 Å². The number of nitrogens with one attached hydrogen (secondary N) is 3. The van der Waals surface area contributed by atoms with Gasteiger partial charge in [-0.05, 0) is 49.2 Å². The van der Waals surface area contributed by atoms with Gasteiger partial charge in [-0.15, -0.1) is 0 Å². The number of hydrogen-bond acceptors (Lipinski definition) is 3. The first kappa shape index (κ1) is 21.8. The highest BCUT2D eigenvalue weighted by molar-refractivity contribution is 6.36. The van der Waals surface area contributed by atoms with Crippen LogP contribution in [0.1, 0.15) is 42.5 Å². The Hall–Kier alpha value is -1.95. The number of anilines is 2. The zero-order valence-electron chi connectivity index (χ0n) is 15.7. The number of benzene rings is 2. The van der Waals surface area contributed by atoms with Crippen LogP contribution in [0.15, 0.2) is 36.4 Å². The average Bonchev–Trinajstić information content (AvgIpc) is 2.69. The van der Waals surface area contributed by atoms with Gasteiger partial charge in [0, 0.05) is 16.8 Å². The van der Waals surface area contributed by atoms with E-state index in [0.29, 0.717) is 32.0 Å². The van der Waals surface area contributed by atoms with Gasteiger partial charge in [-0.2, -0.15) is 0 Å². The van der Waals surface area contributed by atoms with Crippen LogP contribution in [0.4, 0.5) is 11.4 Å². The molecular formula is C21H22Cl3N3O2. The molecule has 0 bridgehead atoms. The Morgan fingerprint density at radius 1 is 0.931 bits per heavy atom. The largest absolute Gasteiger partial charge is 0.375 e. The molecule has 2 aromatic carbocycles. The first-order valence-corrected chi connectivity index (χ1v) is 10.6. The lowest BCUT2D eigenvalue weighted by molar-refractivity contribution is -0.114. The van der Waals surface area contributed by atoms with Crippen LogP contribution in [0.25, 0.3) is 0 Å². The van der Waals surface area contributed by atoms with Crippen LogP contribution in [0.2, 0.25) is 15.1 Å². The molecule has 1 aliphatic carbocycles. The van der Waals surface area contributed by atoms with Crippen LogP contribution in [0.3, 0.4) is 0 Å². The molecule has 2 aromatic rings. The number of carbonyl (C=O) groups excluding carboxylic acids is 2. The zero-order valence-corrected chi connectivity index (χ0v) is 18.0. The molecule has 1 fully saturated rings. The van der Waals surface area contributed by atoms with Gasteiger partial charge in [0.05, 0.1) is 27.8 Å². The average molecular weight is 455 g/mol. The minimum Gasteiger partial charge on any atom is -0.375 e. The minimum atomic E-state index is -0.281. The third-order valence-corrected chi connectivity index (χ3v) is 5.68. The van der Waals surface area contributed by atoms with Gasteiger partial charge >= 0.3 is 0 Å². The summed E-state index contributed by atoms with van der Waals surface area (Å²) in [6, 6.07) is 10.0. The van der Waals surface area contributed by atoms with Gasteiger partial charge < -0.3 is 16.0 Å². The molecule has 3 N–H and O–H groups in total. The fourth-order valence-electron chi connectivity index (χ4n) is 3.30. The number of halogens is 3. The summed E-state index contributed by atoms with van der Waals surface area (Å²) in [5, 5.41) is 10.1. The first-order valence-electron chi connectivity index (χ1n) is 9.51. The molecule has 3 rings (SSSR count). The summed E-state index contributed by atoms with van der Waals surface area (Å²) in [6.07, 6.45) is 5.43. The monoisotopic (exact) mass is 453 g/mol. The number of carbonyl (C=O) groups is 2. The second-order valence-corrected chi connectivity index (χ2v) is 8.28. The molecule has 8 heteroatoms. The van der Waals surface area contributed by atoms with Gasteiger partial charge in [-0.3, -0.25) is 9.59 Å². The van der Waals surface area contributed by atoms with Crippen LogP contribution < -0.4 is 16.0 Å². The SMILES string of the molecule is O=C(CNc1ccc(Cl)cc1Cl)Nc1ccc(Cl)c(C(=O)NC2CCCCC2)c1. The zero-order chi connectivity index (χ0) is 20.8. The Bertz CT molecular complexity index is 899. The Balaban J connectivity index is 1.59. The predicted octanol–water partition coefficient (Wildman–Crippen LogP) is 5.76. The van der Waals surface area contributed by atoms with Gasteiger partial charge in [0.1, 0.15) is 0 Å². The summed E-state index contributed by atoms with van der Waals surface area (Å²) in [4.78, 5) is 24.9. The fourth-order valence-corrected chi connectivity index (χ4v) is 3.98. The van der Waals surface area contributed by atoms with Crippen molar-refractivity contribution in [2.45, 2.75) is 38.1 Å². The van der Waals surface area contributed by atoms with E-state index in [9.17, 15) is 9.59 Å². The van der Waals surface area contributed by atoms with E-state index < -0.39 is 0 Å². The lowest BCUT2D eigenvalue weighted by Crippen LogP contribution is -2.36. The summed E-state index contributed by atoms with van der Waals surface area (Å²) in [7, 11) is 0. The molecule has 0 unspecified atom stereocenters. The van der Waals surface area contributed by atoms with Crippen LogP contribution in [0, 0.1) is 0 Å². The maximum atomic E-state index is 12.6. The second kappa shape index (κ2) is 10.2. The van der Waals surface area contributed by atoms with Crippen molar-refractivity contribution < 1.29 is 9.59 Å². The summed E-state index contributed by atoms with van der Waals surface area (Å²) in [6.45, 7) is 0.00752. The van der Waals surface area contributed by atoms with E-state index in [1.807, 2.05) is 0 Å². The molecule has 0 aliphatic heterocycles. The molecule has 0 saturated heterocycles. The van der Waals surface area contributed by atoms with Crippen LogP contribution in [-0.4, -0.2) is 24.4 Å². The molecule has 1 saturated carbocycles. The second-order valence-electron chi connectivity index (χ2n) is 7.03. The highest BCUT2D eigenvalue weighted by Gasteiger charge is 2.19. The van der Waals surface area contributed by atoms with E-state index in [1.165, 1.54) is 6.42 Å². The predicted molar refractivity (Wildman–Crippen MR) is 119 cm³/mol. The van der Waals surface area contributed by atoms with Crippen LogP contribution in [0.5, 0.6) is 0 Å². The normalized spacial score (nSPS) is 14.3. The van der Waals surface area contributed by atoms with E-state index in [-0.39, 0.29) is 24.4 Å². The first-order chi connectivity index (χ1) is 13.9. The fraction of sp³-hybridized carbons (Fsp3) is 0.333. The van der Waals surface area contributed by atoms with Crippen LogP contribution in [-0.2, 0) is 4.79 Å². The molecule has 29 heavy (non-hydrogen) atoms. The molecular weight excluding hydrogens is 433 g/mol. The van der Waals surface area contributed by atoms with E-state index in [2.05, 4.69) is 16.0 Å². The van der Waals surface area contributed by atoms with Gasteiger partial charge in [0.15, 0.2) is 0 Å². The number of amides is 2. The van der Waals surface area contributed by atoms with Crippen molar-refractivity contribution >= 4 is 58.0 Å². The van der Waals surface area contributed by atoms with Gasteiger partial charge in [-0.25, -0.2) is 0 Å². The maximum absolute atomic E-state index is 12.6. The van der Waals surface area contributed by atoms with E-state index in [4.69, 9.17) is 34.8 Å². The molecule has 154 valence electrons. The third-order valence-electron chi connectivity index (χ3n) is 4.81.